The quantitative estimate of drug-likeness (QED) is 0.818. The topological polar surface area (TPSA) is 45.2 Å². The van der Waals surface area contributed by atoms with E-state index in [-0.39, 0.29) is 11.9 Å². The van der Waals surface area contributed by atoms with E-state index < -0.39 is 0 Å². The van der Waals surface area contributed by atoms with Crippen molar-refractivity contribution in [3.05, 3.63) is 24.5 Å². The van der Waals surface area contributed by atoms with Crippen molar-refractivity contribution in [2.45, 2.75) is 33.2 Å². The maximum Gasteiger partial charge on any atom is 0.228 e. The summed E-state index contributed by atoms with van der Waals surface area (Å²) < 4.78 is 0. The number of pyridine rings is 1. The molecule has 1 unspecified atom stereocenters. The highest BCUT2D eigenvalue weighted by Crippen LogP contribution is 2.13. The van der Waals surface area contributed by atoms with E-state index in [9.17, 15) is 4.79 Å². The third-order valence-electron chi connectivity index (χ3n) is 2.63. The predicted molar refractivity (Wildman–Crippen MR) is 70.0 cm³/mol. The normalized spacial score (nSPS) is 12.2. The lowest BCUT2D eigenvalue weighted by molar-refractivity contribution is -0.119. The third kappa shape index (κ3) is 4.15. The fourth-order valence-corrected chi connectivity index (χ4v) is 1.82. The van der Waals surface area contributed by atoms with Crippen LogP contribution in [-0.2, 0) is 4.79 Å². The lowest BCUT2D eigenvalue weighted by atomic mass is 10.2. The van der Waals surface area contributed by atoms with Crippen LogP contribution in [0.25, 0.3) is 0 Å². The van der Waals surface area contributed by atoms with Crippen molar-refractivity contribution in [2.24, 2.45) is 0 Å². The molecule has 4 heteroatoms. The summed E-state index contributed by atoms with van der Waals surface area (Å²) in [6.07, 6.45) is 3.93. The lowest BCUT2D eigenvalue weighted by Crippen LogP contribution is -2.37. The van der Waals surface area contributed by atoms with Gasteiger partial charge in [0.2, 0.25) is 5.91 Å². The van der Waals surface area contributed by atoms with Gasteiger partial charge in [-0.1, -0.05) is 6.92 Å². The van der Waals surface area contributed by atoms with Gasteiger partial charge in [0.1, 0.15) is 0 Å². The van der Waals surface area contributed by atoms with Gasteiger partial charge in [-0.05, 0) is 32.5 Å². The van der Waals surface area contributed by atoms with E-state index in [0.717, 1.165) is 12.2 Å². The zero-order valence-electron chi connectivity index (χ0n) is 10.8. The van der Waals surface area contributed by atoms with E-state index in [0.29, 0.717) is 13.0 Å². The first kappa shape index (κ1) is 13.6. The van der Waals surface area contributed by atoms with Gasteiger partial charge in [-0.25, -0.2) is 0 Å². The van der Waals surface area contributed by atoms with Crippen LogP contribution in [0.15, 0.2) is 24.5 Å². The minimum absolute atomic E-state index is 0.146. The Morgan fingerprint density at radius 1 is 1.41 bits per heavy atom. The molecule has 1 aromatic rings. The van der Waals surface area contributed by atoms with E-state index in [4.69, 9.17) is 0 Å². The summed E-state index contributed by atoms with van der Waals surface area (Å²) in [6.45, 7) is 7.62. The average molecular weight is 235 g/mol. The molecular weight excluding hydrogens is 214 g/mol. The molecule has 1 heterocycles. The first-order valence-corrected chi connectivity index (χ1v) is 6.12. The molecule has 1 rings (SSSR count). The van der Waals surface area contributed by atoms with Crippen LogP contribution >= 0.6 is 0 Å². The number of hydrogen-bond donors (Lipinski definition) is 1. The summed E-state index contributed by atoms with van der Waals surface area (Å²) in [7, 11) is 0. The Morgan fingerprint density at radius 2 is 2.06 bits per heavy atom. The summed E-state index contributed by atoms with van der Waals surface area (Å²) in [5.74, 6) is 0.146. The van der Waals surface area contributed by atoms with Crippen molar-refractivity contribution in [1.82, 2.24) is 10.3 Å². The van der Waals surface area contributed by atoms with E-state index in [1.165, 1.54) is 0 Å². The molecule has 94 valence electrons. The van der Waals surface area contributed by atoms with Gasteiger partial charge in [0.05, 0.1) is 0 Å². The maximum absolute atomic E-state index is 12.1. The smallest absolute Gasteiger partial charge is 0.228 e. The minimum atomic E-state index is 0.146. The molecule has 0 aliphatic carbocycles. The highest BCUT2D eigenvalue weighted by Gasteiger charge is 2.16. The van der Waals surface area contributed by atoms with Crippen LogP contribution in [0.1, 0.15) is 27.2 Å². The van der Waals surface area contributed by atoms with E-state index >= 15 is 0 Å². The summed E-state index contributed by atoms with van der Waals surface area (Å²) in [5.41, 5.74) is 0.913. The molecule has 0 aromatic carbocycles. The summed E-state index contributed by atoms with van der Waals surface area (Å²) in [5, 5.41) is 3.25. The molecule has 1 aromatic heterocycles. The van der Waals surface area contributed by atoms with Crippen molar-refractivity contribution in [1.29, 1.82) is 0 Å². The summed E-state index contributed by atoms with van der Waals surface area (Å²) in [6, 6.07) is 3.93. The largest absolute Gasteiger partial charge is 0.314 e. The predicted octanol–water partition coefficient (Wildman–Crippen LogP) is 1.82. The molecule has 0 saturated carbocycles. The number of nitrogens with zero attached hydrogens (tertiary/aromatic N) is 2. The molecular formula is C13H21N3O. The molecule has 1 amide bonds. The van der Waals surface area contributed by atoms with Crippen LogP contribution in [0.2, 0.25) is 0 Å². The monoisotopic (exact) mass is 235 g/mol. The van der Waals surface area contributed by atoms with Gasteiger partial charge in [0.15, 0.2) is 0 Å². The average Bonchev–Trinajstić information content (AvgIpc) is 2.31. The maximum atomic E-state index is 12.1. The number of aromatic nitrogens is 1. The van der Waals surface area contributed by atoms with Crippen molar-refractivity contribution < 1.29 is 4.79 Å². The van der Waals surface area contributed by atoms with Crippen LogP contribution < -0.4 is 10.2 Å². The minimum Gasteiger partial charge on any atom is -0.314 e. The molecule has 0 fully saturated rings. The highest BCUT2D eigenvalue weighted by atomic mass is 16.2. The van der Waals surface area contributed by atoms with Gasteiger partial charge in [-0.15, -0.1) is 0 Å². The molecule has 0 bridgehead atoms. The van der Waals surface area contributed by atoms with Crippen molar-refractivity contribution in [3.63, 3.8) is 0 Å². The van der Waals surface area contributed by atoms with Gasteiger partial charge in [-0.3, -0.25) is 9.78 Å². The Kier molecular flexibility index (Phi) is 5.63. The van der Waals surface area contributed by atoms with Gasteiger partial charge >= 0.3 is 0 Å². The van der Waals surface area contributed by atoms with Gasteiger partial charge in [-0.2, -0.15) is 0 Å². The number of nitrogens with one attached hydrogen (secondary N) is 1. The van der Waals surface area contributed by atoms with Crippen LogP contribution in [0, 0.1) is 0 Å². The zero-order valence-corrected chi connectivity index (χ0v) is 10.8. The highest BCUT2D eigenvalue weighted by molar-refractivity contribution is 5.93. The second-order valence-corrected chi connectivity index (χ2v) is 4.01. The first-order chi connectivity index (χ1) is 8.19. The standard InChI is InChI=1S/C13H21N3O/c1-4-15-11(3)10-13(17)16(5-2)12-6-8-14-9-7-12/h6-9,11,15H,4-5,10H2,1-3H3. The van der Waals surface area contributed by atoms with Crippen molar-refractivity contribution in [3.8, 4) is 0 Å². The fourth-order valence-electron chi connectivity index (χ4n) is 1.82. The first-order valence-electron chi connectivity index (χ1n) is 6.12. The second kappa shape index (κ2) is 7.01. The third-order valence-corrected chi connectivity index (χ3v) is 2.63. The molecule has 0 saturated heterocycles. The van der Waals surface area contributed by atoms with Crippen LogP contribution in [0.5, 0.6) is 0 Å². The number of amides is 1. The Morgan fingerprint density at radius 3 is 2.59 bits per heavy atom. The summed E-state index contributed by atoms with van der Waals surface area (Å²) in [4.78, 5) is 17.9. The molecule has 0 spiro atoms. The molecule has 1 N–H and O–H groups in total. The lowest BCUT2D eigenvalue weighted by Gasteiger charge is -2.22. The van der Waals surface area contributed by atoms with Crippen LogP contribution in [0.3, 0.4) is 0 Å². The molecule has 1 atom stereocenters. The number of carbonyl (C=O) groups excluding carboxylic acids is 1. The molecule has 4 nitrogen and oxygen atoms in total. The van der Waals surface area contributed by atoms with Gasteiger partial charge in [0.25, 0.3) is 0 Å². The number of anilines is 1. The molecule has 0 aliphatic rings. The SMILES string of the molecule is CCNC(C)CC(=O)N(CC)c1ccncc1. The van der Waals surface area contributed by atoms with E-state index in [2.05, 4.69) is 10.3 Å². The molecule has 0 aliphatic heterocycles. The number of carbonyl (C=O) groups is 1. The number of hydrogen-bond acceptors (Lipinski definition) is 3. The van der Waals surface area contributed by atoms with E-state index in [1.54, 1.807) is 17.3 Å². The van der Waals surface area contributed by atoms with Gasteiger partial charge < -0.3 is 10.2 Å². The number of rotatable bonds is 6. The van der Waals surface area contributed by atoms with Crippen molar-refractivity contribution in [2.75, 3.05) is 18.0 Å². The fraction of sp³-hybridized carbons (Fsp3) is 0.538. The molecule has 17 heavy (non-hydrogen) atoms. The second-order valence-electron chi connectivity index (χ2n) is 4.01. The van der Waals surface area contributed by atoms with Gasteiger partial charge in [0, 0.05) is 37.1 Å². The Bertz CT molecular complexity index is 340. The van der Waals surface area contributed by atoms with E-state index in [1.807, 2.05) is 32.9 Å². The van der Waals surface area contributed by atoms with Crippen molar-refractivity contribution >= 4 is 11.6 Å². The van der Waals surface area contributed by atoms with Crippen LogP contribution in [0.4, 0.5) is 5.69 Å². The Labute approximate surface area is 103 Å². The van der Waals surface area contributed by atoms with Crippen LogP contribution in [-0.4, -0.2) is 30.0 Å². The summed E-state index contributed by atoms with van der Waals surface area (Å²) >= 11 is 0. The zero-order chi connectivity index (χ0) is 12.7. The molecule has 0 radical (unpaired) electrons. The Balaban J connectivity index is 2.65. The Hall–Kier alpha value is -1.42.